The smallest absolute Gasteiger partial charge is 0.231 e. The van der Waals surface area contributed by atoms with Crippen LogP contribution in [0.2, 0.25) is 0 Å². The highest BCUT2D eigenvalue weighted by atomic mass is 32.1. The minimum absolute atomic E-state index is 0.0867. The van der Waals surface area contributed by atoms with Crippen LogP contribution in [0.4, 0.5) is 0 Å². The van der Waals surface area contributed by atoms with Gasteiger partial charge in [0.1, 0.15) is 12.4 Å². The summed E-state index contributed by atoms with van der Waals surface area (Å²) in [6.07, 6.45) is 1.04. The van der Waals surface area contributed by atoms with Gasteiger partial charge >= 0.3 is 0 Å². The Bertz CT molecular complexity index is 606. The zero-order chi connectivity index (χ0) is 13.9. The molecule has 0 atom stereocenters. The molecule has 0 fully saturated rings. The second kappa shape index (κ2) is 5.73. The maximum atomic E-state index is 9.42. The van der Waals surface area contributed by atoms with Gasteiger partial charge < -0.3 is 19.3 Å². The lowest BCUT2D eigenvalue weighted by molar-refractivity contribution is 0.173. The summed E-state index contributed by atoms with van der Waals surface area (Å²) in [6.45, 7) is 2.76. The average molecular weight is 292 g/mol. The van der Waals surface area contributed by atoms with Crippen molar-refractivity contribution in [2.75, 3.05) is 6.79 Å². The summed E-state index contributed by atoms with van der Waals surface area (Å²) < 4.78 is 16.4. The summed E-state index contributed by atoms with van der Waals surface area (Å²) >= 11 is 1.75. The Morgan fingerprint density at radius 1 is 1.20 bits per heavy atom. The Hall–Kier alpha value is -1.72. The Morgan fingerprint density at radius 3 is 2.65 bits per heavy atom. The zero-order valence-corrected chi connectivity index (χ0v) is 12.0. The van der Waals surface area contributed by atoms with E-state index >= 15 is 0 Å². The highest BCUT2D eigenvalue weighted by Crippen LogP contribution is 2.38. The van der Waals surface area contributed by atoms with Gasteiger partial charge in [-0.2, -0.15) is 0 Å². The number of ether oxygens (including phenoxy) is 3. The second-order valence-corrected chi connectivity index (χ2v) is 5.73. The lowest BCUT2D eigenvalue weighted by Gasteiger charge is -2.10. The number of aliphatic hydroxyl groups excluding tert-OH is 1. The van der Waals surface area contributed by atoms with Gasteiger partial charge in [0.15, 0.2) is 11.5 Å². The molecule has 0 bridgehead atoms. The zero-order valence-electron chi connectivity index (χ0n) is 11.2. The number of hydrogen-bond acceptors (Lipinski definition) is 5. The molecule has 0 aliphatic carbocycles. The number of benzene rings is 1. The molecule has 20 heavy (non-hydrogen) atoms. The van der Waals surface area contributed by atoms with E-state index in [-0.39, 0.29) is 13.4 Å². The molecule has 1 aliphatic heterocycles. The van der Waals surface area contributed by atoms with E-state index in [0.717, 1.165) is 6.42 Å². The molecule has 0 saturated heterocycles. The van der Waals surface area contributed by atoms with E-state index in [1.165, 1.54) is 9.75 Å². The fraction of sp³-hybridized carbons (Fsp3) is 0.333. The first-order valence-corrected chi connectivity index (χ1v) is 7.35. The SMILES string of the molecule is CCc1ccc(COc2cc3c(cc2CO)OCO3)s1. The first-order chi connectivity index (χ1) is 9.80. The van der Waals surface area contributed by atoms with Crippen molar-refractivity contribution in [2.45, 2.75) is 26.6 Å². The molecule has 0 unspecified atom stereocenters. The second-order valence-electron chi connectivity index (χ2n) is 4.48. The van der Waals surface area contributed by atoms with Crippen molar-refractivity contribution >= 4 is 11.3 Å². The molecule has 2 aromatic rings. The van der Waals surface area contributed by atoms with E-state index in [4.69, 9.17) is 14.2 Å². The minimum atomic E-state index is -0.0867. The van der Waals surface area contributed by atoms with Crippen LogP contribution in [-0.4, -0.2) is 11.9 Å². The maximum Gasteiger partial charge on any atom is 0.231 e. The fourth-order valence-electron chi connectivity index (χ4n) is 2.06. The monoisotopic (exact) mass is 292 g/mol. The van der Waals surface area contributed by atoms with E-state index in [1.54, 1.807) is 23.5 Å². The molecular weight excluding hydrogens is 276 g/mol. The van der Waals surface area contributed by atoms with Gasteiger partial charge in [0.05, 0.1) is 6.61 Å². The largest absolute Gasteiger partial charge is 0.488 e. The van der Waals surface area contributed by atoms with Crippen LogP contribution in [0.5, 0.6) is 17.2 Å². The van der Waals surface area contributed by atoms with Crippen molar-refractivity contribution in [1.82, 2.24) is 0 Å². The molecule has 3 rings (SSSR count). The van der Waals surface area contributed by atoms with Crippen LogP contribution in [0.1, 0.15) is 22.2 Å². The Morgan fingerprint density at radius 2 is 1.95 bits per heavy atom. The van der Waals surface area contributed by atoms with Crippen molar-refractivity contribution in [3.8, 4) is 17.2 Å². The quantitative estimate of drug-likeness (QED) is 0.920. The Labute approximate surface area is 121 Å². The van der Waals surface area contributed by atoms with E-state index in [9.17, 15) is 5.11 Å². The summed E-state index contributed by atoms with van der Waals surface area (Å²) in [5, 5.41) is 9.42. The maximum absolute atomic E-state index is 9.42. The molecule has 4 nitrogen and oxygen atoms in total. The third kappa shape index (κ3) is 2.59. The van der Waals surface area contributed by atoms with Crippen molar-refractivity contribution in [3.05, 3.63) is 39.6 Å². The van der Waals surface area contributed by atoms with Crippen LogP contribution in [0.25, 0.3) is 0 Å². The van der Waals surface area contributed by atoms with Crippen molar-refractivity contribution in [2.24, 2.45) is 0 Å². The van der Waals surface area contributed by atoms with Crippen molar-refractivity contribution < 1.29 is 19.3 Å². The number of hydrogen-bond donors (Lipinski definition) is 1. The molecule has 2 heterocycles. The van der Waals surface area contributed by atoms with Crippen molar-refractivity contribution in [1.29, 1.82) is 0 Å². The van der Waals surface area contributed by atoms with Gasteiger partial charge in [0, 0.05) is 21.4 Å². The number of aliphatic hydroxyl groups is 1. The normalized spacial score (nSPS) is 12.7. The predicted molar refractivity (Wildman–Crippen MR) is 76.5 cm³/mol. The average Bonchev–Trinajstić information content (AvgIpc) is 3.12. The van der Waals surface area contributed by atoms with Crippen LogP contribution >= 0.6 is 11.3 Å². The van der Waals surface area contributed by atoms with Gasteiger partial charge in [0.2, 0.25) is 6.79 Å². The molecule has 1 aromatic carbocycles. The Kier molecular flexibility index (Phi) is 3.80. The van der Waals surface area contributed by atoms with Gasteiger partial charge in [-0.05, 0) is 24.6 Å². The standard InChI is InChI=1S/C15H16O4S/c1-2-11-3-4-12(20-11)8-17-13-6-15-14(18-9-19-15)5-10(13)7-16/h3-6,16H,2,7-9H2,1H3. The molecule has 0 spiro atoms. The van der Waals surface area contributed by atoms with E-state index in [1.807, 2.05) is 0 Å². The van der Waals surface area contributed by atoms with Crippen LogP contribution in [0.15, 0.2) is 24.3 Å². The molecular formula is C15H16O4S. The lowest BCUT2D eigenvalue weighted by atomic mass is 10.2. The number of thiophene rings is 1. The highest BCUT2D eigenvalue weighted by molar-refractivity contribution is 7.11. The molecule has 5 heteroatoms. The molecule has 0 radical (unpaired) electrons. The van der Waals surface area contributed by atoms with E-state index in [0.29, 0.717) is 29.4 Å². The first kappa shape index (κ1) is 13.3. The molecule has 1 N–H and O–H groups in total. The van der Waals surface area contributed by atoms with Crippen LogP contribution in [0, 0.1) is 0 Å². The third-order valence-electron chi connectivity index (χ3n) is 3.16. The van der Waals surface area contributed by atoms with Crippen LogP contribution in [-0.2, 0) is 19.6 Å². The van der Waals surface area contributed by atoms with Crippen LogP contribution in [0.3, 0.4) is 0 Å². The summed E-state index contributed by atoms with van der Waals surface area (Å²) in [4.78, 5) is 2.51. The van der Waals surface area contributed by atoms with Gasteiger partial charge in [-0.3, -0.25) is 0 Å². The van der Waals surface area contributed by atoms with Crippen LogP contribution < -0.4 is 14.2 Å². The van der Waals surface area contributed by atoms with Gasteiger partial charge in [-0.1, -0.05) is 6.92 Å². The highest BCUT2D eigenvalue weighted by Gasteiger charge is 2.17. The summed E-state index contributed by atoms with van der Waals surface area (Å²) in [5.41, 5.74) is 0.710. The fourth-order valence-corrected chi connectivity index (χ4v) is 2.93. The number of fused-ring (bicyclic) bond motifs is 1. The van der Waals surface area contributed by atoms with Gasteiger partial charge in [0.25, 0.3) is 0 Å². The summed E-state index contributed by atoms with van der Waals surface area (Å²) in [6, 6.07) is 7.75. The first-order valence-electron chi connectivity index (χ1n) is 6.54. The van der Waals surface area contributed by atoms with Gasteiger partial charge in [-0.15, -0.1) is 11.3 Å². The van der Waals surface area contributed by atoms with E-state index in [2.05, 4.69) is 19.1 Å². The lowest BCUT2D eigenvalue weighted by Crippen LogP contribution is -1.97. The molecule has 1 aliphatic rings. The Balaban J connectivity index is 1.76. The predicted octanol–water partition coefficient (Wildman–Crippen LogP) is 3.11. The molecule has 0 saturated carbocycles. The van der Waals surface area contributed by atoms with Gasteiger partial charge in [-0.25, -0.2) is 0 Å². The van der Waals surface area contributed by atoms with E-state index < -0.39 is 0 Å². The summed E-state index contributed by atoms with van der Waals surface area (Å²) in [7, 11) is 0. The topological polar surface area (TPSA) is 47.9 Å². The van der Waals surface area contributed by atoms with Crippen molar-refractivity contribution in [3.63, 3.8) is 0 Å². The minimum Gasteiger partial charge on any atom is -0.488 e. The number of rotatable bonds is 5. The molecule has 106 valence electrons. The molecule has 1 aromatic heterocycles. The third-order valence-corrected chi connectivity index (χ3v) is 4.36. The number of aryl methyl sites for hydroxylation is 1. The summed E-state index contributed by atoms with van der Waals surface area (Å²) in [5.74, 6) is 1.96. The molecule has 0 amide bonds.